The number of aromatic nitrogens is 2. The lowest BCUT2D eigenvalue weighted by Crippen LogP contribution is -2.36. The van der Waals surface area contributed by atoms with Gasteiger partial charge in [0.2, 0.25) is 11.8 Å². The number of thioether (sulfide) groups is 1. The van der Waals surface area contributed by atoms with E-state index in [1.165, 1.54) is 0 Å². The maximum Gasteiger partial charge on any atom is 0.318 e. The first-order valence-corrected chi connectivity index (χ1v) is 6.72. The van der Waals surface area contributed by atoms with E-state index in [-0.39, 0.29) is 11.0 Å². The number of carbonyl (C=O) groups excluding carboxylic acids is 2. The predicted octanol–water partition coefficient (Wildman–Crippen LogP) is 1.68. The van der Waals surface area contributed by atoms with Crippen LogP contribution >= 0.6 is 23.4 Å². The van der Waals surface area contributed by atoms with E-state index in [9.17, 15) is 9.59 Å². The van der Waals surface area contributed by atoms with E-state index in [2.05, 4.69) is 10.2 Å². The summed E-state index contributed by atoms with van der Waals surface area (Å²) in [6.07, 6.45) is 0. The molecule has 0 aliphatic rings. The van der Waals surface area contributed by atoms with Crippen LogP contribution in [0.2, 0.25) is 5.02 Å². The lowest BCUT2D eigenvalue weighted by atomic mass is 10.2. The maximum absolute atomic E-state index is 11.2. The topological polar surface area (TPSA) is 111 Å². The van der Waals surface area contributed by atoms with Crippen molar-refractivity contribution in [2.75, 3.05) is 5.75 Å². The summed E-state index contributed by atoms with van der Waals surface area (Å²) in [6, 6.07) is 5.99. The Morgan fingerprint density at radius 2 is 2.00 bits per heavy atom. The fourth-order valence-electron chi connectivity index (χ4n) is 1.28. The van der Waals surface area contributed by atoms with Gasteiger partial charge in [-0.3, -0.25) is 10.1 Å². The second kappa shape index (κ2) is 6.40. The van der Waals surface area contributed by atoms with Crippen molar-refractivity contribution in [3.63, 3.8) is 0 Å². The van der Waals surface area contributed by atoms with Gasteiger partial charge in [-0.2, -0.15) is 0 Å². The molecule has 1 aromatic heterocycles. The van der Waals surface area contributed by atoms with Gasteiger partial charge in [0.05, 0.1) is 5.75 Å². The van der Waals surface area contributed by atoms with E-state index in [1.54, 1.807) is 24.3 Å². The monoisotopic (exact) mass is 312 g/mol. The molecule has 3 N–H and O–H groups in total. The Hall–Kier alpha value is -2.06. The van der Waals surface area contributed by atoms with Gasteiger partial charge in [-0.05, 0) is 24.3 Å². The van der Waals surface area contributed by atoms with E-state index in [1.807, 2.05) is 5.32 Å². The van der Waals surface area contributed by atoms with Gasteiger partial charge in [0.1, 0.15) is 0 Å². The molecule has 0 saturated heterocycles. The molecular formula is C11H9ClN4O3S. The zero-order chi connectivity index (χ0) is 14.5. The van der Waals surface area contributed by atoms with Crippen LogP contribution in [0, 0.1) is 0 Å². The summed E-state index contributed by atoms with van der Waals surface area (Å²) >= 11 is 6.78. The highest BCUT2D eigenvalue weighted by Crippen LogP contribution is 2.24. The third-order valence-corrected chi connectivity index (χ3v) is 3.16. The van der Waals surface area contributed by atoms with Gasteiger partial charge in [0.15, 0.2) is 0 Å². The highest BCUT2D eigenvalue weighted by atomic mass is 35.5. The second-order valence-electron chi connectivity index (χ2n) is 3.58. The zero-order valence-electron chi connectivity index (χ0n) is 10.00. The minimum atomic E-state index is -0.900. The predicted molar refractivity (Wildman–Crippen MR) is 73.2 cm³/mol. The van der Waals surface area contributed by atoms with Crippen LogP contribution in [0.15, 0.2) is 33.9 Å². The number of benzene rings is 1. The normalized spacial score (nSPS) is 10.2. The first-order chi connectivity index (χ1) is 9.54. The van der Waals surface area contributed by atoms with Crippen molar-refractivity contribution < 1.29 is 14.0 Å². The van der Waals surface area contributed by atoms with Crippen molar-refractivity contribution in [2.24, 2.45) is 5.73 Å². The number of urea groups is 1. The molecule has 3 amide bonds. The molecule has 2 aromatic rings. The summed E-state index contributed by atoms with van der Waals surface area (Å²) in [6.45, 7) is 0. The molecule has 0 spiro atoms. The average Bonchev–Trinajstić information content (AvgIpc) is 2.85. The summed E-state index contributed by atoms with van der Waals surface area (Å²) in [5, 5.41) is 10.4. The lowest BCUT2D eigenvalue weighted by Gasteiger charge is -1.97. The fourth-order valence-corrected chi connectivity index (χ4v) is 1.97. The van der Waals surface area contributed by atoms with Gasteiger partial charge in [-0.1, -0.05) is 23.4 Å². The van der Waals surface area contributed by atoms with Gasteiger partial charge in [0.25, 0.3) is 5.22 Å². The summed E-state index contributed by atoms with van der Waals surface area (Å²) in [5.74, 6) is -0.265. The smallest absolute Gasteiger partial charge is 0.318 e. The molecule has 1 heterocycles. The largest absolute Gasteiger partial charge is 0.411 e. The highest BCUT2D eigenvalue weighted by Gasteiger charge is 2.11. The van der Waals surface area contributed by atoms with Crippen LogP contribution < -0.4 is 11.1 Å². The number of nitrogens with zero attached hydrogens (tertiary/aromatic N) is 2. The molecule has 0 saturated carbocycles. The molecule has 0 fully saturated rings. The van der Waals surface area contributed by atoms with E-state index >= 15 is 0 Å². The van der Waals surface area contributed by atoms with Crippen molar-refractivity contribution in [1.82, 2.24) is 15.5 Å². The van der Waals surface area contributed by atoms with E-state index < -0.39 is 11.9 Å². The van der Waals surface area contributed by atoms with Crippen LogP contribution in [0.25, 0.3) is 11.5 Å². The molecule has 1 aromatic carbocycles. The van der Waals surface area contributed by atoms with Gasteiger partial charge in [-0.15, -0.1) is 10.2 Å². The number of amides is 3. The molecule has 7 nitrogen and oxygen atoms in total. The third kappa shape index (κ3) is 3.97. The maximum atomic E-state index is 11.2. The molecule has 0 aliphatic heterocycles. The van der Waals surface area contributed by atoms with Crippen molar-refractivity contribution in [2.45, 2.75) is 5.22 Å². The van der Waals surface area contributed by atoms with E-state index in [4.69, 9.17) is 21.8 Å². The molecule has 0 aliphatic carbocycles. The minimum absolute atomic E-state index is 0.0504. The van der Waals surface area contributed by atoms with Crippen LogP contribution in [0.3, 0.4) is 0 Å². The van der Waals surface area contributed by atoms with Gasteiger partial charge < -0.3 is 10.2 Å². The van der Waals surface area contributed by atoms with Gasteiger partial charge in [-0.25, -0.2) is 4.79 Å². The standard InChI is InChI=1S/C11H9ClN4O3S/c12-7-3-1-6(2-4-7)9-15-16-11(19-9)20-5-8(17)14-10(13)18/h1-4H,5H2,(H3,13,14,17,18). The highest BCUT2D eigenvalue weighted by molar-refractivity contribution is 7.99. The number of nitrogens with two attached hydrogens (primary N) is 1. The molecule has 9 heteroatoms. The Morgan fingerprint density at radius 1 is 1.30 bits per heavy atom. The zero-order valence-corrected chi connectivity index (χ0v) is 11.6. The molecule has 104 valence electrons. The van der Waals surface area contributed by atoms with Crippen LogP contribution in [-0.2, 0) is 4.79 Å². The number of halogens is 1. The average molecular weight is 313 g/mol. The Balaban J connectivity index is 1.97. The SMILES string of the molecule is NC(=O)NC(=O)CSc1nnc(-c2ccc(Cl)cc2)o1. The summed E-state index contributed by atoms with van der Waals surface area (Å²) in [4.78, 5) is 21.7. The first kappa shape index (κ1) is 14.4. The van der Waals surface area contributed by atoms with Crippen molar-refractivity contribution >= 4 is 35.3 Å². The molecule has 0 unspecified atom stereocenters. The summed E-state index contributed by atoms with van der Waals surface area (Å²) in [5.41, 5.74) is 5.53. The van der Waals surface area contributed by atoms with Crippen molar-refractivity contribution in [3.8, 4) is 11.5 Å². The first-order valence-electron chi connectivity index (χ1n) is 5.36. The Labute approximate surface area is 122 Å². The second-order valence-corrected chi connectivity index (χ2v) is 4.94. The molecular weight excluding hydrogens is 304 g/mol. The van der Waals surface area contributed by atoms with E-state index in [0.717, 1.165) is 17.3 Å². The number of hydrogen-bond donors (Lipinski definition) is 2. The summed E-state index contributed by atoms with van der Waals surface area (Å²) in [7, 11) is 0. The van der Waals surface area contributed by atoms with Crippen LogP contribution in [-0.4, -0.2) is 27.9 Å². The Morgan fingerprint density at radius 3 is 2.65 bits per heavy atom. The minimum Gasteiger partial charge on any atom is -0.411 e. The number of rotatable bonds is 4. The van der Waals surface area contributed by atoms with Crippen LogP contribution in [0.5, 0.6) is 0 Å². The lowest BCUT2D eigenvalue weighted by molar-refractivity contribution is -0.117. The third-order valence-electron chi connectivity index (χ3n) is 2.09. The number of carbonyl (C=O) groups is 2. The Kier molecular flexibility index (Phi) is 4.59. The molecule has 2 rings (SSSR count). The van der Waals surface area contributed by atoms with Crippen molar-refractivity contribution in [3.05, 3.63) is 29.3 Å². The van der Waals surface area contributed by atoms with Gasteiger partial charge in [0, 0.05) is 10.6 Å². The molecule has 0 bridgehead atoms. The van der Waals surface area contributed by atoms with E-state index in [0.29, 0.717) is 10.9 Å². The van der Waals surface area contributed by atoms with Crippen molar-refractivity contribution in [1.29, 1.82) is 0 Å². The molecule has 20 heavy (non-hydrogen) atoms. The number of primary amides is 1. The summed E-state index contributed by atoms with van der Waals surface area (Å²) < 4.78 is 5.37. The van der Waals surface area contributed by atoms with Gasteiger partial charge >= 0.3 is 6.03 Å². The fraction of sp³-hybridized carbons (Fsp3) is 0.0909. The molecule has 0 radical (unpaired) electrons. The van der Waals surface area contributed by atoms with Crippen LogP contribution in [0.1, 0.15) is 0 Å². The van der Waals surface area contributed by atoms with Crippen LogP contribution in [0.4, 0.5) is 4.79 Å². The number of nitrogens with one attached hydrogen (secondary N) is 1. The quantitative estimate of drug-likeness (QED) is 0.831. The molecule has 0 atom stereocenters. The number of hydrogen-bond acceptors (Lipinski definition) is 6. The number of imide groups is 1. The Bertz CT molecular complexity index is 629.